The molecule has 1 saturated heterocycles. The molecule has 1 aliphatic heterocycles. The van der Waals surface area contributed by atoms with Crippen molar-refractivity contribution in [3.05, 3.63) is 59.7 Å². The summed E-state index contributed by atoms with van der Waals surface area (Å²) in [5.74, 6) is 0.263. The van der Waals surface area contributed by atoms with Crippen molar-refractivity contribution < 1.29 is 9.59 Å². The van der Waals surface area contributed by atoms with E-state index >= 15 is 0 Å². The lowest BCUT2D eigenvalue weighted by molar-refractivity contribution is -0.117. The molecule has 0 bridgehead atoms. The molecule has 0 spiro atoms. The number of carbonyl (C=O) groups excluding carboxylic acids is 2. The van der Waals surface area contributed by atoms with Gasteiger partial charge in [-0.25, -0.2) is 4.68 Å². The van der Waals surface area contributed by atoms with E-state index in [1.165, 1.54) is 0 Å². The van der Waals surface area contributed by atoms with Gasteiger partial charge in [0.2, 0.25) is 5.91 Å². The molecule has 32 heavy (non-hydrogen) atoms. The minimum atomic E-state index is -0.0252. The Bertz CT molecular complexity index is 1090. The number of nitrogens with one attached hydrogen (secondary N) is 1. The summed E-state index contributed by atoms with van der Waals surface area (Å²) in [6, 6.07) is 11.5. The maximum atomic E-state index is 12.6. The van der Waals surface area contributed by atoms with Crippen LogP contribution < -0.4 is 5.32 Å². The van der Waals surface area contributed by atoms with E-state index in [-0.39, 0.29) is 17.7 Å². The van der Waals surface area contributed by atoms with Gasteiger partial charge in [0, 0.05) is 43.6 Å². The number of anilines is 1. The van der Waals surface area contributed by atoms with Crippen LogP contribution in [-0.2, 0) is 11.3 Å². The van der Waals surface area contributed by atoms with Gasteiger partial charge in [0.05, 0.1) is 11.4 Å². The molecule has 1 N–H and O–H groups in total. The summed E-state index contributed by atoms with van der Waals surface area (Å²) >= 11 is 0. The average Bonchev–Trinajstić information content (AvgIpc) is 3.40. The van der Waals surface area contributed by atoms with Gasteiger partial charge in [0.25, 0.3) is 5.91 Å². The summed E-state index contributed by atoms with van der Waals surface area (Å²) in [5, 5.41) is 11.8. The molecule has 3 aromatic rings. The molecule has 8 heteroatoms. The number of piperidine rings is 1. The molecule has 8 nitrogen and oxygen atoms in total. The normalized spacial score (nSPS) is 14.5. The van der Waals surface area contributed by atoms with Crippen LogP contribution in [0, 0.1) is 19.8 Å². The molecule has 0 unspecified atom stereocenters. The zero-order valence-corrected chi connectivity index (χ0v) is 18.9. The van der Waals surface area contributed by atoms with Crippen molar-refractivity contribution in [3.8, 4) is 5.69 Å². The Morgan fingerprint density at radius 3 is 2.38 bits per heavy atom. The van der Waals surface area contributed by atoms with Crippen molar-refractivity contribution in [3.63, 3.8) is 0 Å². The van der Waals surface area contributed by atoms with Crippen LogP contribution in [-0.4, -0.2) is 49.4 Å². The van der Waals surface area contributed by atoms with E-state index in [9.17, 15) is 9.59 Å². The van der Waals surface area contributed by atoms with E-state index in [4.69, 9.17) is 0 Å². The molecule has 0 atom stereocenters. The minimum Gasteiger partial charge on any atom is -0.337 e. The molecular formula is C24H30N6O2. The van der Waals surface area contributed by atoms with Crippen LogP contribution in [0.4, 0.5) is 5.69 Å². The van der Waals surface area contributed by atoms with E-state index in [1.807, 2.05) is 66.9 Å². The van der Waals surface area contributed by atoms with E-state index in [2.05, 4.69) is 15.5 Å². The molecule has 4 rings (SSSR count). The minimum absolute atomic E-state index is 0.00956. The molecule has 0 aliphatic carbocycles. The van der Waals surface area contributed by atoms with Gasteiger partial charge < -0.3 is 10.2 Å². The van der Waals surface area contributed by atoms with E-state index in [1.54, 1.807) is 10.7 Å². The second kappa shape index (κ2) is 9.38. The Labute approximate surface area is 188 Å². The van der Waals surface area contributed by atoms with Crippen molar-refractivity contribution in [1.82, 2.24) is 24.5 Å². The summed E-state index contributed by atoms with van der Waals surface area (Å²) in [5.41, 5.74) is 4.28. The smallest absolute Gasteiger partial charge is 0.274 e. The van der Waals surface area contributed by atoms with Crippen LogP contribution in [0.2, 0.25) is 0 Å². The molecule has 2 amide bonds. The highest BCUT2D eigenvalue weighted by atomic mass is 16.2. The van der Waals surface area contributed by atoms with Gasteiger partial charge >= 0.3 is 0 Å². The van der Waals surface area contributed by atoms with Crippen molar-refractivity contribution in [2.45, 2.75) is 46.6 Å². The zero-order chi connectivity index (χ0) is 22.7. The zero-order valence-electron chi connectivity index (χ0n) is 18.9. The number of hydrogen-bond donors (Lipinski definition) is 1. The SMILES string of the molecule is CCn1ccc(C(=O)N2CCC(CC(=O)Nc3ccc(-n4nc(C)cc4C)cc3)CC2)n1. The van der Waals surface area contributed by atoms with E-state index in [0.29, 0.717) is 25.2 Å². The lowest BCUT2D eigenvalue weighted by atomic mass is 9.93. The molecule has 2 aromatic heterocycles. The maximum Gasteiger partial charge on any atom is 0.274 e. The number of hydrogen-bond acceptors (Lipinski definition) is 4. The molecule has 3 heterocycles. The van der Waals surface area contributed by atoms with Gasteiger partial charge in [-0.15, -0.1) is 0 Å². The Morgan fingerprint density at radius 2 is 1.78 bits per heavy atom. The molecule has 1 aliphatic rings. The first-order valence-electron chi connectivity index (χ1n) is 11.2. The number of rotatable bonds is 6. The van der Waals surface area contributed by atoms with E-state index in [0.717, 1.165) is 42.1 Å². The predicted molar refractivity (Wildman–Crippen MR) is 123 cm³/mol. The lowest BCUT2D eigenvalue weighted by Crippen LogP contribution is -2.39. The third-order valence-corrected chi connectivity index (χ3v) is 5.96. The number of aromatic nitrogens is 4. The number of nitrogens with zero attached hydrogens (tertiary/aromatic N) is 5. The Morgan fingerprint density at radius 1 is 1.06 bits per heavy atom. The highest BCUT2D eigenvalue weighted by Crippen LogP contribution is 2.23. The van der Waals surface area contributed by atoms with Crippen molar-refractivity contribution >= 4 is 17.5 Å². The average molecular weight is 435 g/mol. The number of benzene rings is 1. The molecule has 1 aromatic carbocycles. The first-order valence-corrected chi connectivity index (χ1v) is 11.2. The van der Waals surface area contributed by atoms with Crippen LogP contribution >= 0.6 is 0 Å². The molecular weight excluding hydrogens is 404 g/mol. The number of likely N-dealkylation sites (tertiary alicyclic amines) is 1. The first-order chi connectivity index (χ1) is 15.4. The Balaban J connectivity index is 1.26. The van der Waals surface area contributed by atoms with E-state index < -0.39 is 0 Å². The quantitative estimate of drug-likeness (QED) is 0.643. The third-order valence-electron chi connectivity index (χ3n) is 5.96. The summed E-state index contributed by atoms with van der Waals surface area (Å²) < 4.78 is 3.65. The standard InChI is InChI=1S/C24H30N6O2/c1-4-29-14-11-22(27-29)24(32)28-12-9-19(10-13-28)16-23(31)25-20-5-7-21(8-6-20)30-18(3)15-17(2)26-30/h5-8,11,14-15,19H,4,9-10,12-13,16H2,1-3H3,(H,25,31). The van der Waals surface area contributed by atoms with Gasteiger partial charge in [-0.3, -0.25) is 14.3 Å². The largest absolute Gasteiger partial charge is 0.337 e. The number of aryl methyl sites for hydroxylation is 3. The lowest BCUT2D eigenvalue weighted by Gasteiger charge is -2.31. The third kappa shape index (κ3) is 4.90. The highest BCUT2D eigenvalue weighted by Gasteiger charge is 2.26. The predicted octanol–water partition coefficient (Wildman–Crippen LogP) is 3.59. The van der Waals surface area contributed by atoms with Gasteiger partial charge in [-0.1, -0.05) is 0 Å². The second-order valence-electron chi connectivity index (χ2n) is 8.43. The van der Waals surface area contributed by atoms with Gasteiger partial charge in [-0.05, 0) is 75.9 Å². The molecule has 168 valence electrons. The fraction of sp³-hybridized carbons (Fsp3) is 0.417. The second-order valence-corrected chi connectivity index (χ2v) is 8.43. The van der Waals surface area contributed by atoms with Crippen molar-refractivity contribution in [2.75, 3.05) is 18.4 Å². The van der Waals surface area contributed by atoms with Crippen LogP contribution in [0.25, 0.3) is 5.69 Å². The summed E-state index contributed by atoms with van der Waals surface area (Å²) in [6.07, 6.45) is 3.94. The summed E-state index contributed by atoms with van der Waals surface area (Å²) in [4.78, 5) is 27.0. The van der Waals surface area contributed by atoms with Crippen LogP contribution in [0.15, 0.2) is 42.6 Å². The van der Waals surface area contributed by atoms with Gasteiger partial charge in [-0.2, -0.15) is 10.2 Å². The Kier molecular flexibility index (Phi) is 6.39. The molecule has 0 radical (unpaired) electrons. The highest BCUT2D eigenvalue weighted by molar-refractivity contribution is 5.92. The molecule has 0 saturated carbocycles. The fourth-order valence-electron chi connectivity index (χ4n) is 4.20. The first kappa shape index (κ1) is 21.8. The van der Waals surface area contributed by atoms with Crippen LogP contribution in [0.1, 0.15) is 48.1 Å². The summed E-state index contributed by atoms with van der Waals surface area (Å²) in [6.45, 7) is 8.05. The van der Waals surface area contributed by atoms with Gasteiger partial charge in [0.15, 0.2) is 0 Å². The van der Waals surface area contributed by atoms with Crippen LogP contribution in [0.3, 0.4) is 0 Å². The van der Waals surface area contributed by atoms with Crippen molar-refractivity contribution in [2.24, 2.45) is 5.92 Å². The monoisotopic (exact) mass is 434 g/mol. The van der Waals surface area contributed by atoms with Crippen molar-refractivity contribution in [1.29, 1.82) is 0 Å². The maximum absolute atomic E-state index is 12.6. The van der Waals surface area contributed by atoms with Gasteiger partial charge in [0.1, 0.15) is 5.69 Å². The Hall–Kier alpha value is -3.42. The van der Waals surface area contributed by atoms with Crippen LogP contribution in [0.5, 0.6) is 0 Å². The fourth-order valence-corrected chi connectivity index (χ4v) is 4.20. The topological polar surface area (TPSA) is 85.0 Å². The summed E-state index contributed by atoms with van der Waals surface area (Å²) in [7, 11) is 0. The molecule has 1 fully saturated rings. The number of amides is 2. The number of carbonyl (C=O) groups is 2.